The number of nitriles is 1. The Hall–Kier alpha value is -3.79. The van der Waals surface area contributed by atoms with Crippen LogP contribution in [0.1, 0.15) is 21.5 Å². The van der Waals surface area contributed by atoms with Crippen molar-refractivity contribution >= 4 is 28.7 Å². The molecule has 0 spiro atoms. The molecule has 25 heavy (non-hydrogen) atoms. The fourth-order valence-corrected chi connectivity index (χ4v) is 2.95. The molecule has 0 unspecified atom stereocenters. The first-order valence-electron chi connectivity index (χ1n) is 7.44. The van der Waals surface area contributed by atoms with Crippen LogP contribution in [0.15, 0.2) is 36.4 Å². The number of hydrogen-bond acceptors (Lipinski definition) is 3. The Bertz CT molecular complexity index is 1060. The highest BCUT2D eigenvalue weighted by Gasteiger charge is 2.19. The summed E-state index contributed by atoms with van der Waals surface area (Å²) in [6.07, 6.45) is 0. The summed E-state index contributed by atoms with van der Waals surface area (Å²) in [7, 11) is 0. The van der Waals surface area contributed by atoms with E-state index in [2.05, 4.69) is 16.4 Å². The predicted molar refractivity (Wildman–Crippen MR) is 94.9 cm³/mol. The Labute approximate surface area is 143 Å². The van der Waals surface area contributed by atoms with Gasteiger partial charge in [0, 0.05) is 5.39 Å². The van der Waals surface area contributed by atoms with E-state index in [1.807, 2.05) is 19.1 Å². The van der Waals surface area contributed by atoms with Crippen molar-refractivity contribution in [1.82, 2.24) is 4.98 Å². The summed E-state index contributed by atoms with van der Waals surface area (Å²) in [5.74, 6) is -0.505. The van der Waals surface area contributed by atoms with Crippen molar-refractivity contribution in [3.8, 4) is 17.2 Å². The minimum absolute atomic E-state index is 0.168. The summed E-state index contributed by atoms with van der Waals surface area (Å²) >= 11 is 0. The van der Waals surface area contributed by atoms with E-state index < -0.39 is 11.9 Å². The number of primary amides is 2. The van der Waals surface area contributed by atoms with E-state index in [9.17, 15) is 9.59 Å². The number of benzene rings is 2. The summed E-state index contributed by atoms with van der Waals surface area (Å²) in [4.78, 5) is 26.0. The van der Waals surface area contributed by atoms with Crippen LogP contribution in [0, 0.1) is 18.3 Å². The maximum Gasteiger partial charge on any atom is 0.317 e. The van der Waals surface area contributed by atoms with Crippen LogP contribution in [-0.2, 0) is 0 Å². The molecule has 3 aromatic rings. The molecule has 0 aliphatic rings. The van der Waals surface area contributed by atoms with Crippen LogP contribution in [0.5, 0.6) is 0 Å². The number of nitrogens with zero attached hydrogens (tertiary/aromatic N) is 1. The van der Waals surface area contributed by atoms with Gasteiger partial charge in [-0.3, -0.25) is 10.1 Å². The normalized spacial score (nSPS) is 10.4. The van der Waals surface area contributed by atoms with Gasteiger partial charge in [-0.1, -0.05) is 24.3 Å². The SMILES string of the molecule is Cc1c(-c2cccc(C#N)c2)ccc2c(C(N)=O)c(NC(N)=O)[nH]c12. The van der Waals surface area contributed by atoms with E-state index >= 15 is 0 Å². The van der Waals surface area contributed by atoms with Crippen LogP contribution >= 0.6 is 0 Å². The Morgan fingerprint density at radius 3 is 2.60 bits per heavy atom. The molecule has 0 fully saturated rings. The smallest absolute Gasteiger partial charge is 0.317 e. The fraction of sp³-hybridized carbons (Fsp3) is 0.0556. The third kappa shape index (κ3) is 2.77. The molecule has 0 aliphatic heterocycles. The molecule has 0 saturated heterocycles. The van der Waals surface area contributed by atoms with Gasteiger partial charge in [-0.2, -0.15) is 5.26 Å². The van der Waals surface area contributed by atoms with E-state index in [0.717, 1.165) is 16.7 Å². The molecule has 1 heterocycles. The molecular formula is C18H15N5O2. The minimum Gasteiger partial charge on any atom is -0.365 e. The number of nitrogens with one attached hydrogen (secondary N) is 2. The number of fused-ring (bicyclic) bond motifs is 1. The number of carbonyl (C=O) groups excluding carboxylic acids is 2. The molecule has 124 valence electrons. The highest BCUT2D eigenvalue weighted by atomic mass is 16.2. The Morgan fingerprint density at radius 1 is 1.20 bits per heavy atom. The third-order valence-corrected chi connectivity index (χ3v) is 4.03. The summed E-state index contributed by atoms with van der Waals surface area (Å²) in [5.41, 5.74) is 14.6. The molecule has 0 atom stereocenters. The summed E-state index contributed by atoms with van der Waals surface area (Å²) in [6.45, 7) is 1.88. The number of aromatic nitrogens is 1. The quantitative estimate of drug-likeness (QED) is 0.586. The topological polar surface area (TPSA) is 138 Å². The Morgan fingerprint density at radius 2 is 1.96 bits per heavy atom. The van der Waals surface area contributed by atoms with Gasteiger partial charge in [0.25, 0.3) is 5.91 Å². The number of rotatable bonds is 3. The molecule has 7 heteroatoms. The van der Waals surface area contributed by atoms with Gasteiger partial charge < -0.3 is 16.5 Å². The highest BCUT2D eigenvalue weighted by Crippen LogP contribution is 2.34. The maximum atomic E-state index is 11.8. The number of hydrogen-bond donors (Lipinski definition) is 4. The lowest BCUT2D eigenvalue weighted by molar-refractivity contribution is 0.100. The standard InChI is InChI=1S/C18H15N5O2/c1-9-12(11-4-2-3-10(7-11)8-19)5-6-13-14(16(20)24)17(22-15(9)13)23-18(21)25/h2-7,22H,1H3,(H2,20,24)(H3,21,23,25). The number of aromatic amines is 1. The maximum absolute atomic E-state index is 11.8. The summed E-state index contributed by atoms with van der Waals surface area (Å²) in [5, 5.41) is 12.1. The lowest BCUT2D eigenvalue weighted by atomic mass is 9.96. The van der Waals surface area contributed by atoms with E-state index in [4.69, 9.17) is 16.7 Å². The molecule has 3 amide bonds. The second-order valence-corrected chi connectivity index (χ2v) is 5.58. The van der Waals surface area contributed by atoms with Crippen LogP contribution in [0.2, 0.25) is 0 Å². The van der Waals surface area contributed by atoms with Gasteiger partial charge in [0.2, 0.25) is 0 Å². The second kappa shape index (κ2) is 6.02. The number of urea groups is 1. The van der Waals surface area contributed by atoms with Crippen LogP contribution in [0.4, 0.5) is 10.6 Å². The van der Waals surface area contributed by atoms with Gasteiger partial charge in [0.1, 0.15) is 5.82 Å². The predicted octanol–water partition coefficient (Wildman–Crippen LogP) is 2.60. The summed E-state index contributed by atoms with van der Waals surface area (Å²) < 4.78 is 0. The molecule has 7 nitrogen and oxygen atoms in total. The van der Waals surface area contributed by atoms with E-state index in [1.165, 1.54) is 0 Å². The largest absolute Gasteiger partial charge is 0.365 e. The first-order valence-corrected chi connectivity index (χ1v) is 7.44. The molecule has 3 rings (SSSR count). The average molecular weight is 333 g/mol. The highest BCUT2D eigenvalue weighted by molar-refractivity contribution is 6.14. The van der Waals surface area contributed by atoms with Gasteiger partial charge in [-0.25, -0.2) is 4.79 Å². The molecular weight excluding hydrogens is 318 g/mol. The minimum atomic E-state index is -0.798. The van der Waals surface area contributed by atoms with Crippen LogP contribution in [-0.4, -0.2) is 16.9 Å². The van der Waals surface area contributed by atoms with Gasteiger partial charge >= 0.3 is 6.03 Å². The van der Waals surface area contributed by atoms with Crippen molar-refractivity contribution in [2.45, 2.75) is 6.92 Å². The lowest BCUT2D eigenvalue weighted by Gasteiger charge is -2.08. The molecule has 0 radical (unpaired) electrons. The van der Waals surface area contributed by atoms with Crippen molar-refractivity contribution in [3.63, 3.8) is 0 Å². The molecule has 0 saturated carbocycles. The fourth-order valence-electron chi connectivity index (χ4n) is 2.95. The Balaban J connectivity index is 2.25. The summed E-state index contributed by atoms with van der Waals surface area (Å²) in [6, 6.07) is 12.1. The van der Waals surface area contributed by atoms with E-state index in [1.54, 1.807) is 24.3 Å². The number of carbonyl (C=O) groups is 2. The number of anilines is 1. The molecule has 0 bridgehead atoms. The number of nitrogens with two attached hydrogens (primary N) is 2. The van der Waals surface area contributed by atoms with E-state index in [-0.39, 0.29) is 11.4 Å². The van der Waals surface area contributed by atoms with Crippen molar-refractivity contribution in [1.29, 1.82) is 5.26 Å². The Kier molecular flexibility index (Phi) is 3.87. The van der Waals surface area contributed by atoms with Crippen LogP contribution in [0.3, 0.4) is 0 Å². The van der Waals surface area contributed by atoms with Gasteiger partial charge in [-0.15, -0.1) is 0 Å². The zero-order chi connectivity index (χ0) is 18.1. The first-order chi connectivity index (χ1) is 11.9. The monoisotopic (exact) mass is 333 g/mol. The molecule has 2 aromatic carbocycles. The molecule has 1 aromatic heterocycles. The van der Waals surface area contributed by atoms with Crippen molar-refractivity contribution in [2.24, 2.45) is 11.5 Å². The van der Waals surface area contributed by atoms with Gasteiger partial charge in [0.05, 0.1) is 22.7 Å². The lowest BCUT2D eigenvalue weighted by Crippen LogP contribution is -2.22. The number of amides is 3. The molecule has 0 aliphatic carbocycles. The third-order valence-electron chi connectivity index (χ3n) is 4.03. The average Bonchev–Trinajstić information content (AvgIpc) is 2.93. The van der Waals surface area contributed by atoms with Gasteiger partial charge in [0.15, 0.2) is 0 Å². The second-order valence-electron chi connectivity index (χ2n) is 5.58. The molecule has 6 N–H and O–H groups in total. The number of H-pyrrole nitrogens is 1. The first kappa shape index (κ1) is 16.1. The van der Waals surface area contributed by atoms with E-state index in [0.29, 0.717) is 16.5 Å². The van der Waals surface area contributed by atoms with Gasteiger partial charge in [-0.05, 0) is 35.7 Å². The van der Waals surface area contributed by atoms with Crippen LogP contribution < -0.4 is 16.8 Å². The zero-order valence-electron chi connectivity index (χ0n) is 13.4. The zero-order valence-corrected chi connectivity index (χ0v) is 13.4. The van der Waals surface area contributed by atoms with Crippen molar-refractivity contribution < 1.29 is 9.59 Å². The van der Waals surface area contributed by atoms with Crippen molar-refractivity contribution in [2.75, 3.05) is 5.32 Å². The van der Waals surface area contributed by atoms with Crippen LogP contribution in [0.25, 0.3) is 22.0 Å². The number of aryl methyl sites for hydroxylation is 1. The van der Waals surface area contributed by atoms with Crippen molar-refractivity contribution in [3.05, 3.63) is 53.1 Å².